The van der Waals surface area contributed by atoms with Crippen molar-refractivity contribution in [2.24, 2.45) is 0 Å². The predicted molar refractivity (Wildman–Crippen MR) is 48.4 cm³/mol. The molecule has 0 aliphatic heterocycles. The number of amides is 1. The minimum Gasteiger partial charge on any atom is -0.298 e. The molecule has 1 rings (SSSR count). The maximum Gasteiger partial charge on any atom is 0.261 e. The van der Waals surface area contributed by atoms with Gasteiger partial charge >= 0.3 is 0 Å². The second-order valence-electron chi connectivity index (χ2n) is 2.18. The predicted octanol–water partition coefficient (Wildman–Crippen LogP) is 1.32. The van der Waals surface area contributed by atoms with Crippen molar-refractivity contribution in [2.75, 3.05) is 5.43 Å². The maximum atomic E-state index is 10.7. The zero-order chi connectivity index (χ0) is 8.81. The summed E-state index contributed by atoms with van der Waals surface area (Å²) in [6.45, 7) is 3.32. The van der Waals surface area contributed by atoms with Crippen LogP contribution in [0.3, 0.4) is 0 Å². The molecule has 0 radical (unpaired) electrons. The Kier molecular flexibility index (Phi) is 2.90. The van der Waals surface area contributed by atoms with E-state index < -0.39 is 0 Å². The molecular weight excluding hydrogens is 152 g/mol. The topological polar surface area (TPSA) is 41.1 Å². The third-order valence-electron chi connectivity index (χ3n) is 1.29. The number of rotatable bonds is 3. The average Bonchev–Trinajstić information content (AvgIpc) is 2.16. The molecule has 0 saturated heterocycles. The summed E-state index contributed by atoms with van der Waals surface area (Å²) in [4.78, 5) is 10.7. The first-order chi connectivity index (χ1) is 5.83. The summed E-state index contributed by atoms with van der Waals surface area (Å²) in [5, 5.41) is 0. The van der Waals surface area contributed by atoms with E-state index in [1.165, 1.54) is 6.08 Å². The maximum absolute atomic E-state index is 10.7. The number of anilines is 1. The molecule has 62 valence electrons. The molecule has 0 aliphatic carbocycles. The normalized spacial score (nSPS) is 8.67. The highest BCUT2D eigenvalue weighted by Gasteiger charge is 1.91. The molecule has 0 aromatic heterocycles. The fourth-order valence-corrected chi connectivity index (χ4v) is 0.706. The highest BCUT2D eigenvalue weighted by atomic mass is 16.2. The molecule has 12 heavy (non-hydrogen) atoms. The Bertz CT molecular complexity index is 269. The molecule has 3 heteroatoms. The van der Waals surface area contributed by atoms with E-state index in [1.807, 2.05) is 30.3 Å². The molecule has 0 heterocycles. The summed E-state index contributed by atoms with van der Waals surface area (Å²) < 4.78 is 0. The van der Waals surface area contributed by atoms with Crippen molar-refractivity contribution in [1.29, 1.82) is 0 Å². The third kappa shape index (κ3) is 2.46. The summed E-state index contributed by atoms with van der Waals surface area (Å²) in [5.74, 6) is -0.251. The number of hydrogen-bond acceptors (Lipinski definition) is 2. The lowest BCUT2D eigenvalue weighted by Crippen LogP contribution is -2.27. The van der Waals surface area contributed by atoms with Crippen LogP contribution in [-0.2, 0) is 4.79 Å². The van der Waals surface area contributed by atoms with Gasteiger partial charge in [0, 0.05) is 0 Å². The first kappa shape index (κ1) is 8.33. The van der Waals surface area contributed by atoms with Crippen LogP contribution < -0.4 is 10.9 Å². The van der Waals surface area contributed by atoms with Crippen molar-refractivity contribution in [2.45, 2.75) is 0 Å². The van der Waals surface area contributed by atoms with Crippen LogP contribution in [0, 0.1) is 0 Å². The highest BCUT2D eigenvalue weighted by Crippen LogP contribution is 2.01. The summed E-state index contributed by atoms with van der Waals surface area (Å²) in [7, 11) is 0. The van der Waals surface area contributed by atoms with Crippen LogP contribution in [0.4, 0.5) is 5.69 Å². The summed E-state index contributed by atoms with van der Waals surface area (Å²) in [5.41, 5.74) is 6.01. The fraction of sp³-hybridized carbons (Fsp3) is 0. The van der Waals surface area contributed by atoms with Crippen molar-refractivity contribution >= 4 is 11.6 Å². The molecule has 0 aliphatic rings. The molecule has 1 aromatic carbocycles. The van der Waals surface area contributed by atoms with E-state index >= 15 is 0 Å². The van der Waals surface area contributed by atoms with E-state index in [9.17, 15) is 4.79 Å². The third-order valence-corrected chi connectivity index (χ3v) is 1.29. The minimum absolute atomic E-state index is 0.251. The van der Waals surface area contributed by atoms with Gasteiger partial charge in [0.2, 0.25) is 0 Å². The molecule has 0 bridgehead atoms. The molecule has 0 fully saturated rings. The molecular formula is C9H10N2O. The van der Waals surface area contributed by atoms with Crippen LogP contribution >= 0.6 is 0 Å². The van der Waals surface area contributed by atoms with E-state index in [0.717, 1.165) is 5.69 Å². The Labute approximate surface area is 71.1 Å². The Morgan fingerprint density at radius 3 is 2.58 bits per heavy atom. The van der Waals surface area contributed by atoms with Crippen LogP contribution in [0.25, 0.3) is 0 Å². The number of para-hydroxylation sites is 1. The number of benzene rings is 1. The van der Waals surface area contributed by atoms with Gasteiger partial charge in [0.15, 0.2) is 0 Å². The zero-order valence-electron chi connectivity index (χ0n) is 6.58. The van der Waals surface area contributed by atoms with Crippen LogP contribution in [0.15, 0.2) is 43.0 Å². The van der Waals surface area contributed by atoms with Crippen LogP contribution in [0.2, 0.25) is 0 Å². The van der Waals surface area contributed by atoms with Gasteiger partial charge in [-0.1, -0.05) is 24.8 Å². The Morgan fingerprint density at radius 1 is 1.33 bits per heavy atom. The molecule has 2 N–H and O–H groups in total. The van der Waals surface area contributed by atoms with E-state index in [2.05, 4.69) is 17.4 Å². The average molecular weight is 162 g/mol. The smallest absolute Gasteiger partial charge is 0.261 e. The second-order valence-corrected chi connectivity index (χ2v) is 2.18. The number of carbonyl (C=O) groups is 1. The first-order valence-electron chi connectivity index (χ1n) is 3.56. The SMILES string of the molecule is C=CC(=O)NNc1ccccc1. The standard InChI is InChI=1S/C9H10N2O/c1-2-9(12)11-10-8-6-4-3-5-7-8/h2-7,10H,1H2,(H,11,12). The van der Waals surface area contributed by atoms with Crippen molar-refractivity contribution in [3.05, 3.63) is 43.0 Å². The minimum atomic E-state index is -0.251. The van der Waals surface area contributed by atoms with E-state index in [0.29, 0.717) is 0 Å². The Balaban J connectivity index is 2.43. The summed E-state index contributed by atoms with van der Waals surface area (Å²) in [6.07, 6.45) is 1.20. The monoisotopic (exact) mass is 162 g/mol. The van der Waals surface area contributed by atoms with Gasteiger partial charge in [-0.15, -0.1) is 0 Å². The Morgan fingerprint density at radius 2 is 2.00 bits per heavy atom. The molecule has 3 nitrogen and oxygen atoms in total. The molecule has 0 atom stereocenters. The van der Waals surface area contributed by atoms with Gasteiger partial charge in [-0.05, 0) is 18.2 Å². The van der Waals surface area contributed by atoms with Crippen molar-refractivity contribution in [1.82, 2.24) is 5.43 Å². The number of hydrogen-bond donors (Lipinski definition) is 2. The van der Waals surface area contributed by atoms with Crippen molar-refractivity contribution < 1.29 is 4.79 Å². The lowest BCUT2D eigenvalue weighted by Gasteiger charge is -2.04. The molecule has 1 aromatic rings. The fourth-order valence-electron chi connectivity index (χ4n) is 0.706. The zero-order valence-corrected chi connectivity index (χ0v) is 6.58. The highest BCUT2D eigenvalue weighted by molar-refractivity contribution is 5.87. The van der Waals surface area contributed by atoms with E-state index in [4.69, 9.17) is 0 Å². The van der Waals surface area contributed by atoms with Crippen LogP contribution in [0.1, 0.15) is 0 Å². The van der Waals surface area contributed by atoms with Gasteiger partial charge in [-0.2, -0.15) is 0 Å². The largest absolute Gasteiger partial charge is 0.298 e. The number of nitrogens with one attached hydrogen (secondary N) is 2. The van der Waals surface area contributed by atoms with Gasteiger partial charge < -0.3 is 0 Å². The van der Waals surface area contributed by atoms with Crippen molar-refractivity contribution in [3.8, 4) is 0 Å². The Hall–Kier alpha value is -1.77. The summed E-state index contributed by atoms with van der Waals surface area (Å²) in [6, 6.07) is 9.36. The summed E-state index contributed by atoms with van der Waals surface area (Å²) >= 11 is 0. The molecule has 1 amide bonds. The van der Waals surface area contributed by atoms with Crippen molar-refractivity contribution in [3.63, 3.8) is 0 Å². The molecule has 0 unspecified atom stereocenters. The lowest BCUT2D eigenvalue weighted by atomic mass is 10.3. The number of hydrazine groups is 1. The second kappa shape index (κ2) is 4.18. The van der Waals surface area contributed by atoms with Gasteiger partial charge in [0.05, 0.1) is 5.69 Å². The van der Waals surface area contributed by atoms with Gasteiger partial charge in [0.1, 0.15) is 0 Å². The van der Waals surface area contributed by atoms with Gasteiger partial charge in [-0.25, -0.2) is 0 Å². The first-order valence-corrected chi connectivity index (χ1v) is 3.56. The lowest BCUT2D eigenvalue weighted by molar-refractivity contribution is -0.116. The number of carbonyl (C=O) groups excluding carboxylic acids is 1. The van der Waals surface area contributed by atoms with Crippen LogP contribution in [-0.4, -0.2) is 5.91 Å². The van der Waals surface area contributed by atoms with Gasteiger partial charge in [0.25, 0.3) is 5.91 Å². The molecule has 0 spiro atoms. The molecule has 0 saturated carbocycles. The van der Waals surface area contributed by atoms with Gasteiger partial charge in [-0.3, -0.25) is 15.6 Å². The van der Waals surface area contributed by atoms with Crippen LogP contribution in [0.5, 0.6) is 0 Å². The van der Waals surface area contributed by atoms with E-state index in [1.54, 1.807) is 0 Å². The van der Waals surface area contributed by atoms with E-state index in [-0.39, 0.29) is 5.91 Å². The quantitative estimate of drug-likeness (QED) is 0.519.